The molecule has 5 rings (SSSR count). The maximum Gasteiger partial charge on any atom is 0.237 e. The lowest BCUT2D eigenvalue weighted by Crippen LogP contribution is -2.69. The quantitative estimate of drug-likeness (QED) is 0.737. The zero-order chi connectivity index (χ0) is 21.6. The van der Waals surface area contributed by atoms with E-state index < -0.39 is 11.6 Å². The van der Waals surface area contributed by atoms with E-state index in [9.17, 15) is 9.59 Å². The van der Waals surface area contributed by atoms with Crippen LogP contribution < -0.4 is 24.8 Å². The van der Waals surface area contributed by atoms with Gasteiger partial charge in [0.05, 0.1) is 19.9 Å². The SMILES string of the molecule is COc1ccc(OC)c(NC(=O)[C@@H]2C(=O)N[C@@]34CCCC[C@@H]3[C@H]2c2ccccc2O4)c1. The smallest absolute Gasteiger partial charge is 0.237 e. The normalized spacial score (nSPS) is 28.3. The lowest BCUT2D eigenvalue weighted by Gasteiger charge is -2.55. The van der Waals surface area contributed by atoms with E-state index in [0.29, 0.717) is 17.2 Å². The van der Waals surface area contributed by atoms with E-state index in [-0.39, 0.29) is 23.7 Å². The Kier molecular flexibility index (Phi) is 4.76. The molecule has 1 saturated heterocycles. The molecule has 0 radical (unpaired) electrons. The second-order valence-electron chi connectivity index (χ2n) is 8.43. The predicted octanol–water partition coefficient (Wildman–Crippen LogP) is 3.45. The number of hydrogen-bond donors (Lipinski definition) is 2. The van der Waals surface area contributed by atoms with Gasteiger partial charge in [-0.05, 0) is 36.6 Å². The highest BCUT2D eigenvalue weighted by molar-refractivity contribution is 6.08. The third-order valence-electron chi connectivity index (χ3n) is 6.84. The van der Waals surface area contributed by atoms with Crippen molar-refractivity contribution in [2.45, 2.75) is 37.3 Å². The van der Waals surface area contributed by atoms with Gasteiger partial charge in [0, 0.05) is 24.3 Å². The number of ether oxygens (including phenoxy) is 3. The number of carbonyl (C=O) groups excluding carboxylic acids is 2. The van der Waals surface area contributed by atoms with E-state index >= 15 is 0 Å². The number of carbonyl (C=O) groups is 2. The Morgan fingerprint density at radius 3 is 2.81 bits per heavy atom. The first-order valence-corrected chi connectivity index (χ1v) is 10.7. The highest BCUT2D eigenvalue weighted by Crippen LogP contribution is 2.55. The molecule has 0 unspecified atom stereocenters. The molecule has 1 saturated carbocycles. The van der Waals surface area contributed by atoms with Gasteiger partial charge in [-0.15, -0.1) is 0 Å². The molecule has 2 heterocycles. The fourth-order valence-corrected chi connectivity index (χ4v) is 5.47. The summed E-state index contributed by atoms with van der Waals surface area (Å²) in [6.45, 7) is 0. The average Bonchev–Trinajstić information content (AvgIpc) is 2.78. The number of para-hydroxylation sites is 1. The Morgan fingerprint density at radius 2 is 2.00 bits per heavy atom. The van der Waals surface area contributed by atoms with Crippen LogP contribution in [-0.4, -0.2) is 31.8 Å². The van der Waals surface area contributed by atoms with Gasteiger partial charge < -0.3 is 24.8 Å². The van der Waals surface area contributed by atoms with Gasteiger partial charge in [-0.3, -0.25) is 9.59 Å². The zero-order valence-electron chi connectivity index (χ0n) is 17.6. The minimum atomic E-state index is -0.864. The first kappa shape index (κ1) is 19.7. The summed E-state index contributed by atoms with van der Waals surface area (Å²) in [4.78, 5) is 26.8. The highest BCUT2D eigenvalue weighted by Gasteiger charge is 2.60. The van der Waals surface area contributed by atoms with Crippen LogP contribution in [0.25, 0.3) is 0 Å². The zero-order valence-corrected chi connectivity index (χ0v) is 17.6. The van der Waals surface area contributed by atoms with Crippen molar-refractivity contribution in [3.05, 3.63) is 48.0 Å². The Bertz CT molecular complexity index is 1040. The number of anilines is 1. The number of methoxy groups -OCH3 is 2. The summed E-state index contributed by atoms with van der Waals surface area (Å²) in [5, 5.41) is 6.01. The molecule has 31 heavy (non-hydrogen) atoms. The molecule has 2 N–H and O–H groups in total. The minimum absolute atomic E-state index is 0.0526. The number of piperidine rings is 1. The van der Waals surface area contributed by atoms with Gasteiger partial charge in [-0.2, -0.15) is 0 Å². The molecular formula is C24H26N2O5. The molecule has 7 nitrogen and oxygen atoms in total. The van der Waals surface area contributed by atoms with Crippen molar-refractivity contribution in [2.24, 2.45) is 11.8 Å². The van der Waals surface area contributed by atoms with Crippen LogP contribution in [-0.2, 0) is 9.59 Å². The first-order valence-electron chi connectivity index (χ1n) is 10.7. The minimum Gasteiger partial charge on any atom is -0.497 e. The first-order chi connectivity index (χ1) is 15.1. The van der Waals surface area contributed by atoms with Crippen LogP contribution in [0.5, 0.6) is 17.2 Å². The number of rotatable bonds is 4. The van der Waals surface area contributed by atoms with Crippen LogP contribution in [0.4, 0.5) is 5.69 Å². The maximum absolute atomic E-state index is 13.5. The molecule has 7 heteroatoms. The third-order valence-corrected chi connectivity index (χ3v) is 6.84. The van der Waals surface area contributed by atoms with Crippen molar-refractivity contribution in [2.75, 3.05) is 19.5 Å². The number of amides is 2. The van der Waals surface area contributed by atoms with Crippen molar-refractivity contribution in [1.29, 1.82) is 0 Å². The van der Waals surface area contributed by atoms with Crippen molar-refractivity contribution < 1.29 is 23.8 Å². The Hall–Kier alpha value is -3.22. The molecule has 1 aliphatic carbocycles. The Morgan fingerprint density at radius 1 is 1.16 bits per heavy atom. The third kappa shape index (κ3) is 3.10. The van der Waals surface area contributed by atoms with Crippen molar-refractivity contribution in [1.82, 2.24) is 5.32 Å². The van der Waals surface area contributed by atoms with Gasteiger partial charge in [-0.1, -0.05) is 24.6 Å². The molecule has 2 amide bonds. The van der Waals surface area contributed by atoms with E-state index in [2.05, 4.69) is 10.6 Å². The molecule has 0 spiro atoms. The summed E-state index contributed by atoms with van der Waals surface area (Å²) in [6.07, 6.45) is 3.71. The predicted molar refractivity (Wildman–Crippen MR) is 114 cm³/mol. The summed E-state index contributed by atoms with van der Waals surface area (Å²) in [7, 11) is 3.10. The van der Waals surface area contributed by atoms with Crippen LogP contribution in [0.15, 0.2) is 42.5 Å². The van der Waals surface area contributed by atoms with Crippen LogP contribution in [0.2, 0.25) is 0 Å². The Balaban J connectivity index is 1.54. The molecule has 3 aliphatic rings. The lowest BCUT2D eigenvalue weighted by atomic mass is 9.62. The van der Waals surface area contributed by atoms with Gasteiger partial charge in [-0.25, -0.2) is 0 Å². The largest absolute Gasteiger partial charge is 0.497 e. The van der Waals surface area contributed by atoms with Gasteiger partial charge in [0.2, 0.25) is 11.8 Å². The average molecular weight is 422 g/mol. The molecular weight excluding hydrogens is 396 g/mol. The summed E-state index contributed by atoms with van der Waals surface area (Å²) in [5.41, 5.74) is 0.678. The summed E-state index contributed by atoms with van der Waals surface area (Å²) >= 11 is 0. The number of hydrogen-bond acceptors (Lipinski definition) is 5. The second-order valence-corrected chi connectivity index (χ2v) is 8.43. The topological polar surface area (TPSA) is 85.9 Å². The lowest BCUT2D eigenvalue weighted by molar-refractivity contribution is -0.160. The molecule has 2 aromatic rings. The van der Waals surface area contributed by atoms with E-state index in [1.807, 2.05) is 24.3 Å². The van der Waals surface area contributed by atoms with Crippen LogP contribution in [0, 0.1) is 11.8 Å². The van der Waals surface area contributed by atoms with E-state index in [1.165, 1.54) is 7.11 Å². The van der Waals surface area contributed by atoms with Crippen LogP contribution in [0.1, 0.15) is 37.2 Å². The molecule has 0 aromatic heterocycles. The van der Waals surface area contributed by atoms with Gasteiger partial charge in [0.15, 0.2) is 5.72 Å². The van der Waals surface area contributed by atoms with E-state index in [4.69, 9.17) is 14.2 Å². The fraction of sp³-hybridized carbons (Fsp3) is 0.417. The fourth-order valence-electron chi connectivity index (χ4n) is 5.47. The van der Waals surface area contributed by atoms with Crippen LogP contribution in [0.3, 0.4) is 0 Å². The van der Waals surface area contributed by atoms with Crippen molar-refractivity contribution in [3.63, 3.8) is 0 Å². The summed E-state index contributed by atoms with van der Waals surface area (Å²) in [6, 6.07) is 12.9. The van der Waals surface area contributed by atoms with E-state index in [1.54, 1.807) is 25.3 Å². The van der Waals surface area contributed by atoms with Crippen molar-refractivity contribution in [3.8, 4) is 17.2 Å². The summed E-state index contributed by atoms with van der Waals surface area (Å²) in [5.74, 6) is 0.144. The summed E-state index contributed by atoms with van der Waals surface area (Å²) < 4.78 is 17.1. The van der Waals surface area contributed by atoms with Gasteiger partial charge >= 0.3 is 0 Å². The van der Waals surface area contributed by atoms with Crippen LogP contribution >= 0.6 is 0 Å². The molecule has 2 bridgehead atoms. The number of nitrogens with one attached hydrogen (secondary N) is 2. The van der Waals surface area contributed by atoms with Gasteiger partial charge in [0.1, 0.15) is 23.2 Å². The number of benzene rings is 2. The monoisotopic (exact) mass is 422 g/mol. The number of fused-ring (bicyclic) bond motifs is 2. The molecule has 4 atom stereocenters. The molecule has 2 aromatic carbocycles. The maximum atomic E-state index is 13.5. The second kappa shape index (κ2) is 7.48. The standard InChI is InChI=1S/C24H26N2O5/c1-29-14-10-11-19(30-2)17(13-14)25-22(27)21-20-15-7-3-4-9-18(15)31-24(26-23(21)28)12-6-5-8-16(20)24/h3-4,7,9-11,13,16,20-21H,5-6,8,12H2,1-2H3,(H,25,27)(H,26,28)/t16-,20-,21-,24-/m1/s1. The molecule has 2 fully saturated rings. The molecule has 2 aliphatic heterocycles. The highest BCUT2D eigenvalue weighted by atomic mass is 16.5. The molecule has 162 valence electrons. The van der Waals surface area contributed by atoms with Crippen molar-refractivity contribution >= 4 is 17.5 Å². The van der Waals surface area contributed by atoms with E-state index in [0.717, 1.165) is 37.0 Å². The Labute approximate surface area is 181 Å². The van der Waals surface area contributed by atoms with Gasteiger partial charge in [0.25, 0.3) is 0 Å².